The maximum Gasteiger partial charge on any atom is 0.257 e. The fraction of sp³-hybridized carbons (Fsp3) is 0.409. The summed E-state index contributed by atoms with van der Waals surface area (Å²) in [4.78, 5) is 29.3. The molecule has 1 heterocycles. The minimum atomic E-state index is -0.353. The van der Waals surface area contributed by atoms with Gasteiger partial charge in [-0.1, -0.05) is 25.7 Å². The molecule has 0 saturated heterocycles. The van der Waals surface area contributed by atoms with Crippen molar-refractivity contribution in [1.29, 1.82) is 0 Å². The van der Waals surface area contributed by atoms with E-state index in [1.807, 2.05) is 0 Å². The first-order valence-electron chi connectivity index (χ1n) is 9.90. The van der Waals surface area contributed by atoms with Crippen molar-refractivity contribution in [3.63, 3.8) is 0 Å². The Labute approximate surface area is 170 Å². The van der Waals surface area contributed by atoms with Crippen LogP contribution >= 0.6 is 0 Å². The standard InChI is InChI=1S/C22H27N3O4/c1-28-19-10-9-18(12-20(19)29-2)25-22(27)16-11-15(13-23-14-16)21(26)24-17-7-5-3-4-6-8-17/h9-14,17H,3-8H2,1-2H3,(H,24,26)(H,25,27). The van der Waals surface area contributed by atoms with Gasteiger partial charge in [-0.05, 0) is 31.0 Å². The molecule has 7 heteroatoms. The lowest BCUT2D eigenvalue weighted by Gasteiger charge is -2.16. The van der Waals surface area contributed by atoms with E-state index in [-0.39, 0.29) is 17.9 Å². The lowest BCUT2D eigenvalue weighted by atomic mass is 10.1. The molecule has 0 aliphatic heterocycles. The van der Waals surface area contributed by atoms with E-state index in [9.17, 15) is 9.59 Å². The van der Waals surface area contributed by atoms with E-state index in [1.54, 1.807) is 31.4 Å². The van der Waals surface area contributed by atoms with E-state index in [4.69, 9.17) is 9.47 Å². The number of nitrogens with one attached hydrogen (secondary N) is 2. The average Bonchev–Trinajstić information content (AvgIpc) is 3.02. The van der Waals surface area contributed by atoms with Gasteiger partial charge in [0, 0.05) is 30.2 Å². The maximum atomic E-state index is 12.6. The highest BCUT2D eigenvalue weighted by atomic mass is 16.5. The van der Waals surface area contributed by atoms with E-state index in [2.05, 4.69) is 15.6 Å². The van der Waals surface area contributed by atoms with E-state index >= 15 is 0 Å². The molecule has 3 rings (SSSR count). The van der Waals surface area contributed by atoms with Crippen molar-refractivity contribution in [3.8, 4) is 11.5 Å². The Hall–Kier alpha value is -3.09. The minimum Gasteiger partial charge on any atom is -0.493 e. The van der Waals surface area contributed by atoms with Crippen molar-refractivity contribution < 1.29 is 19.1 Å². The van der Waals surface area contributed by atoms with E-state index < -0.39 is 0 Å². The minimum absolute atomic E-state index is 0.189. The quantitative estimate of drug-likeness (QED) is 0.724. The number of ether oxygens (including phenoxy) is 2. The van der Waals surface area contributed by atoms with Gasteiger partial charge in [-0.3, -0.25) is 14.6 Å². The monoisotopic (exact) mass is 397 g/mol. The number of carbonyl (C=O) groups excluding carboxylic acids is 2. The summed E-state index contributed by atoms with van der Waals surface area (Å²) < 4.78 is 10.5. The third kappa shape index (κ3) is 5.47. The van der Waals surface area contributed by atoms with Crippen LogP contribution < -0.4 is 20.1 Å². The fourth-order valence-electron chi connectivity index (χ4n) is 3.50. The first-order chi connectivity index (χ1) is 14.1. The molecule has 2 aromatic rings. The van der Waals surface area contributed by atoms with Crippen LogP contribution in [0.4, 0.5) is 5.69 Å². The van der Waals surface area contributed by atoms with E-state index in [0.717, 1.165) is 25.7 Å². The van der Waals surface area contributed by atoms with Gasteiger partial charge in [0.25, 0.3) is 11.8 Å². The van der Waals surface area contributed by atoms with Gasteiger partial charge in [0.2, 0.25) is 0 Å². The second-order valence-electron chi connectivity index (χ2n) is 7.15. The van der Waals surface area contributed by atoms with Crippen molar-refractivity contribution in [1.82, 2.24) is 10.3 Å². The molecule has 2 N–H and O–H groups in total. The molecule has 0 unspecified atom stereocenters. The van der Waals surface area contributed by atoms with Crippen LogP contribution in [0.2, 0.25) is 0 Å². The Bertz CT molecular complexity index is 861. The highest BCUT2D eigenvalue weighted by molar-refractivity contribution is 6.06. The molecule has 2 amide bonds. The SMILES string of the molecule is COc1ccc(NC(=O)c2cncc(C(=O)NC3CCCCCC3)c2)cc1OC. The second kappa shape index (κ2) is 9.91. The summed E-state index contributed by atoms with van der Waals surface area (Å²) in [5, 5.41) is 5.87. The van der Waals surface area contributed by atoms with Crippen LogP contribution in [-0.4, -0.2) is 37.1 Å². The number of benzene rings is 1. The van der Waals surface area contributed by atoms with Gasteiger partial charge in [-0.15, -0.1) is 0 Å². The first-order valence-corrected chi connectivity index (χ1v) is 9.90. The molecule has 0 atom stereocenters. The molecule has 1 aromatic heterocycles. The van der Waals surface area contributed by atoms with Gasteiger partial charge < -0.3 is 20.1 Å². The third-order valence-corrected chi connectivity index (χ3v) is 5.09. The number of anilines is 1. The first kappa shape index (κ1) is 20.6. The van der Waals surface area contributed by atoms with Crippen LogP contribution in [0.1, 0.15) is 59.2 Å². The molecule has 29 heavy (non-hydrogen) atoms. The van der Waals surface area contributed by atoms with Gasteiger partial charge in [-0.2, -0.15) is 0 Å². The number of rotatable bonds is 6. The second-order valence-corrected chi connectivity index (χ2v) is 7.15. The van der Waals surface area contributed by atoms with Gasteiger partial charge in [0.1, 0.15) is 0 Å². The van der Waals surface area contributed by atoms with Crippen molar-refractivity contribution in [3.05, 3.63) is 47.8 Å². The van der Waals surface area contributed by atoms with Gasteiger partial charge in [0.05, 0.1) is 25.3 Å². The molecule has 1 aliphatic rings. The van der Waals surface area contributed by atoms with Crippen LogP contribution in [0.15, 0.2) is 36.7 Å². The fourth-order valence-corrected chi connectivity index (χ4v) is 3.50. The molecule has 1 aliphatic carbocycles. The normalized spacial score (nSPS) is 14.6. The zero-order valence-corrected chi connectivity index (χ0v) is 16.9. The predicted molar refractivity (Wildman–Crippen MR) is 111 cm³/mol. The lowest BCUT2D eigenvalue weighted by Crippen LogP contribution is -2.34. The third-order valence-electron chi connectivity index (χ3n) is 5.09. The molecular formula is C22H27N3O4. The smallest absolute Gasteiger partial charge is 0.257 e. The summed E-state index contributed by atoms with van der Waals surface area (Å²) >= 11 is 0. The van der Waals surface area contributed by atoms with Crippen molar-refractivity contribution >= 4 is 17.5 Å². The largest absolute Gasteiger partial charge is 0.493 e. The van der Waals surface area contributed by atoms with Gasteiger partial charge in [-0.25, -0.2) is 0 Å². The Kier molecular flexibility index (Phi) is 7.05. The summed E-state index contributed by atoms with van der Waals surface area (Å²) in [5.41, 5.74) is 1.25. The number of hydrogen-bond donors (Lipinski definition) is 2. The van der Waals surface area contributed by atoms with Crippen LogP contribution in [0, 0.1) is 0 Å². The summed E-state index contributed by atoms with van der Waals surface area (Å²) in [6, 6.07) is 6.86. The van der Waals surface area contributed by atoms with Crippen LogP contribution in [0.25, 0.3) is 0 Å². The molecule has 0 bridgehead atoms. The lowest BCUT2D eigenvalue weighted by molar-refractivity contribution is 0.0933. The van der Waals surface area contributed by atoms with E-state index in [1.165, 1.54) is 32.3 Å². The molecule has 1 aromatic carbocycles. The van der Waals surface area contributed by atoms with E-state index in [0.29, 0.717) is 28.3 Å². The molecular weight excluding hydrogens is 370 g/mol. The zero-order valence-electron chi connectivity index (χ0n) is 16.9. The Morgan fingerprint density at radius 3 is 2.21 bits per heavy atom. The van der Waals surface area contributed by atoms with Crippen LogP contribution in [0.5, 0.6) is 11.5 Å². The van der Waals surface area contributed by atoms with Crippen LogP contribution in [0.3, 0.4) is 0 Å². The highest BCUT2D eigenvalue weighted by Gasteiger charge is 2.17. The number of amides is 2. The Morgan fingerprint density at radius 1 is 0.897 bits per heavy atom. The average molecular weight is 397 g/mol. The summed E-state index contributed by atoms with van der Waals surface area (Å²) in [6.45, 7) is 0. The van der Waals surface area contributed by atoms with Crippen molar-refractivity contribution in [2.24, 2.45) is 0 Å². The van der Waals surface area contributed by atoms with Crippen molar-refractivity contribution in [2.75, 3.05) is 19.5 Å². The summed E-state index contributed by atoms with van der Waals surface area (Å²) in [7, 11) is 3.08. The van der Waals surface area contributed by atoms with Gasteiger partial charge >= 0.3 is 0 Å². The predicted octanol–water partition coefficient (Wildman–Crippen LogP) is 3.80. The number of pyridine rings is 1. The molecule has 1 saturated carbocycles. The number of carbonyl (C=O) groups is 2. The number of nitrogens with zero attached hydrogens (tertiary/aromatic N) is 1. The number of hydrogen-bond acceptors (Lipinski definition) is 5. The topological polar surface area (TPSA) is 89.5 Å². The van der Waals surface area contributed by atoms with Gasteiger partial charge in [0.15, 0.2) is 11.5 Å². The number of aromatic nitrogens is 1. The zero-order chi connectivity index (χ0) is 20.6. The van der Waals surface area contributed by atoms with Crippen LogP contribution in [-0.2, 0) is 0 Å². The molecule has 154 valence electrons. The number of methoxy groups -OCH3 is 2. The highest BCUT2D eigenvalue weighted by Crippen LogP contribution is 2.30. The molecule has 7 nitrogen and oxygen atoms in total. The maximum absolute atomic E-state index is 12.6. The molecule has 0 spiro atoms. The summed E-state index contributed by atoms with van der Waals surface area (Å²) in [5.74, 6) is 0.545. The Balaban J connectivity index is 1.68. The molecule has 0 radical (unpaired) electrons. The van der Waals surface area contributed by atoms with Crippen molar-refractivity contribution in [2.45, 2.75) is 44.6 Å². The molecule has 1 fully saturated rings. The Morgan fingerprint density at radius 2 is 1.55 bits per heavy atom. The summed E-state index contributed by atoms with van der Waals surface area (Å²) in [6.07, 6.45) is 9.64.